The summed E-state index contributed by atoms with van der Waals surface area (Å²) in [7, 11) is -3.63. The molecule has 198 valence electrons. The fourth-order valence-corrected chi connectivity index (χ4v) is 6.50. The number of amides is 2. The molecule has 4 rings (SSSR count). The first kappa shape index (κ1) is 27.2. The summed E-state index contributed by atoms with van der Waals surface area (Å²) in [5.41, 5.74) is 0.546. The monoisotopic (exact) mass is 548 g/mol. The van der Waals surface area contributed by atoms with E-state index in [1.807, 2.05) is 13.8 Å². The van der Waals surface area contributed by atoms with Crippen LogP contribution in [0.1, 0.15) is 20.3 Å². The number of anilines is 1. The first-order chi connectivity index (χ1) is 17.6. The standard InChI is InChI=1S/C25H29FN4O5S2/c1-17(2)16-30-24(32)22(15-23(31)28-21-6-4-3-5-20(21)26)36-25(30)27-18-7-9-19(10-8-18)37(33,34)29-11-13-35-14-12-29/h3-10,17,22H,11-16H2,1-2H3,(H,28,31)/t22-/m0/s1. The topological polar surface area (TPSA) is 108 Å². The van der Waals surface area contributed by atoms with Crippen molar-refractivity contribution in [1.29, 1.82) is 0 Å². The summed E-state index contributed by atoms with van der Waals surface area (Å²) >= 11 is 1.17. The van der Waals surface area contributed by atoms with Gasteiger partial charge < -0.3 is 10.1 Å². The summed E-state index contributed by atoms with van der Waals surface area (Å²) in [6.45, 7) is 5.70. The molecule has 0 aromatic heterocycles. The second-order valence-corrected chi connectivity index (χ2v) is 12.2. The molecule has 2 amide bonds. The van der Waals surface area contributed by atoms with E-state index in [9.17, 15) is 22.4 Å². The van der Waals surface area contributed by atoms with Crippen LogP contribution in [0.5, 0.6) is 0 Å². The molecule has 2 heterocycles. The molecule has 1 atom stereocenters. The lowest BCUT2D eigenvalue weighted by Gasteiger charge is -2.26. The minimum atomic E-state index is -3.63. The van der Waals surface area contributed by atoms with Gasteiger partial charge in [-0.3, -0.25) is 14.5 Å². The lowest BCUT2D eigenvalue weighted by Crippen LogP contribution is -2.40. The zero-order valence-corrected chi connectivity index (χ0v) is 22.2. The molecule has 2 aliphatic heterocycles. The minimum absolute atomic E-state index is 0.0583. The fourth-order valence-electron chi connectivity index (χ4n) is 3.93. The van der Waals surface area contributed by atoms with Gasteiger partial charge in [-0.1, -0.05) is 37.7 Å². The number of carbonyl (C=O) groups is 2. The number of sulfonamides is 1. The van der Waals surface area contributed by atoms with Gasteiger partial charge >= 0.3 is 0 Å². The number of carbonyl (C=O) groups excluding carboxylic acids is 2. The molecule has 0 aliphatic carbocycles. The van der Waals surface area contributed by atoms with Crippen LogP contribution in [0.3, 0.4) is 0 Å². The average molecular weight is 549 g/mol. The Balaban J connectivity index is 1.50. The number of thioether (sulfide) groups is 1. The predicted octanol–water partition coefficient (Wildman–Crippen LogP) is 3.46. The molecule has 0 bridgehead atoms. The number of nitrogens with zero attached hydrogens (tertiary/aromatic N) is 3. The highest BCUT2D eigenvalue weighted by Gasteiger charge is 2.39. The van der Waals surface area contributed by atoms with Crippen molar-refractivity contribution in [3.63, 3.8) is 0 Å². The summed E-state index contributed by atoms with van der Waals surface area (Å²) in [4.78, 5) is 32.0. The van der Waals surface area contributed by atoms with Crippen molar-refractivity contribution < 1.29 is 27.1 Å². The van der Waals surface area contributed by atoms with Gasteiger partial charge in [0.05, 0.1) is 29.5 Å². The lowest BCUT2D eigenvalue weighted by molar-refractivity contribution is -0.128. The van der Waals surface area contributed by atoms with Crippen molar-refractivity contribution in [3.05, 3.63) is 54.3 Å². The SMILES string of the molecule is CC(C)CN1C(=O)[C@H](CC(=O)Nc2ccccc2F)SC1=Nc1ccc(S(=O)(=O)N2CCOCC2)cc1. The maximum atomic E-state index is 13.9. The molecule has 2 fully saturated rings. The van der Waals surface area contributed by atoms with Gasteiger partial charge in [-0.25, -0.2) is 17.8 Å². The van der Waals surface area contributed by atoms with E-state index in [2.05, 4.69) is 10.3 Å². The molecule has 2 saturated heterocycles. The predicted molar refractivity (Wildman–Crippen MR) is 141 cm³/mol. The molecule has 0 saturated carbocycles. The lowest BCUT2D eigenvalue weighted by atomic mass is 10.2. The van der Waals surface area contributed by atoms with Gasteiger partial charge in [0.25, 0.3) is 0 Å². The van der Waals surface area contributed by atoms with E-state index in [1.54, 1.807) is 23.1 Å². The summed E-state index contributed by atoms with van der Waals surface area (Å²) in [5, 5.41) is 2.25. The Morgan fingerprint density at radius 3 is 2.49 bits per heavy atom. The number of nitrogens with one attached hydrogen (secondary N) is 1. The Morgan fingerprint density at radius 1 is 1.16 bits per heavy atom. The first-order valence-corrected chi connectivity index (χ1v) is 14.3. The number of hydrogen-bond acceptors (Lipinski definition) is 7. The van der Waals surface area contributed by atoms with Crippen LogP contribution < -0.4 is 5.32 Å². The van der Waals surface area contributed by atoms with Gasteiger partial charge in [-0.2, -0.15) is 4.31 Å². The van der Waals surface area contributed by atoms with Crippen LogP contribution in [-0.4, -0.2) is 72.7 Å². The van der Waals surface area contributed by atoms with Crippen LogP contribution >= 0.6 is 11.8 Å². The molecule has 1 N–H and O–H groups in total. The fraction of sp³-hybridized carbons (Fsp3) is 0.400. The van der Waals surface area contributed by atoms with Crippen molar-refractivity contribution in [2.75, 3.05) is 38.2 Å². The van der Waals surface area contributed by atoms with Gasteiger partial charge in [0.2, 0.25) is 21.8 Å². The number of rotatable bonds is 8. The Labute approximate surface area is 220 Å². The van der Waals surface area contributed by atoms with Crippen LogP contribution in [0.4, 0.5) is 15.8 Å². The molecule has 0 spiro atoms. The van der Waals surface area contributed by atoms with Crippen LogP contribution in [0.2, 0.25) is 0 Å². The number of ether oxygens (including phenoxy) is 1. The van der Waals surface area contributed by atoms with Gasteiger partial charge in [-0.15, -0.1) is 0 Å². The Kier molecular flexibility index (Phi) is 8.63. The molecule has 12 heteroatoms. The zero-order chi connectivity index (χ0) is 26.6. The zero-order valence-electron chi connectivity index (χ0n) is 20.6. The number of halogens is 1. The van der Waals surface area contributed by atoms with Crippen molar-refractivity contribution in [2.24, 2.45) is 10.9 Å². The third-order valence-electron chi connectivity index (χ3n) is 5.76. The molecule has 2 aromatic rings. The number of aliphatic imine (C=N–C) groups is 1. The quantitative estimate of drug-likeness (QED) is 0.541. The summed E-state index contributed by atoms with van der Waals surface area (Å²) < 4.78 is 46.3. The second kappa shape index (κ2) is 11.7. The molecule has 0 unspecified atom stereocenters. The van der Waals surface area contributed by atoms with Crippen LogP contribution in [0.15, 0.2) is 58.4 Å². The van der Waals surface area contributed by atoms with Crippen LogP contribution in [0.25, 0.3) is 0 Å². The van der Waals surface area contributed by atoms with Gasteiger partial charge in [0.1, 0.15) is 11.1 Å². The third-order valence-corrected chi connectivity index (χ3v) is 8.84. The van der Waals surface area contributed by atoms with Crippen LogP contribution in [-0.2, 0) is 24.3 Å². The van der Waals surface area contributed by atoms with Crippen molar-refractivity contribution >= 4 is 50.1 Å². The first-order valence-electron chi connectivity index (χ1n) is 11.9. The highest BCUT2D eigenvalue weighted by molar-refractivity contribution is 8.15. The molecule has 37 heavy (non-hydrogen) atoms. The molecular weight excluding hydrogens is 519 g/mol. The smallest absolute Gasteiger partial charge is 0.243 e. The number of amidine groups is 1. The van der Waals surface area contributed by atoms with E-state index in [-0.39, 0.29) is 28.8 Å². The summed E-state index contributed by atoms with van der Waals surface area (Å²) in [6, 6.07) is 12.0. The van der Waals surface area contributed by atoms with E-state index in [1.165, 1.54) is 46.4 Å². The molecule has 0 radical (unpaired) electrons. The molecule has 9 nitrogen and oxygen atoms in total. The maximum absolute atomic E-state index is 13.9. The van der Waals surface area contributed by atoms with Crippen molar-refractivity contribution in [2.45, 2.75) is 30.4 Å². The van der Waals surface area contributed by atoms with Gasteiger partial charge in [0, 0.05) is 26.1 Å². The molecule has 2 aliphatic rings. The van der Waals surface area contributed by atoms with Gasteiger partial charge in [0.15, 0.2) is 5.17 Å². The van der Waals surface area contributed by atoms with E-state index in [4.69, 9.17) is 4.74 Å². The number of morpholine rings is 1. The van der Waals surface area contributed by atoms with E-state index < -0.39 is 27.0 Å². The Hall–Kier alpha value is -2.80. The Morgan fingerprint density at radius 2 is 1.84 bits per heavy atom. The summed E-state index contributed by atoms with van der Waals surface area (Å²) in [6.07, 6.45) is -0.137. The Bertz CT molecular complexity index is 1280. The normalized spacial score (nSPS) is 20.1. The van der Waals surface area contributed by atoms with Crippen molar-refractivity contribution in [3.8, 4) is 0 Å². The second-order valence-electron chi connectivity index (χ2n) is 9.09. The van der Waals surface area contributed by atoms with Crippen LogP contribution in [0, 0.1) is 11.7 Å². The highest BCUT2D eigenvalue weighted by atomic mass is 32.2. The van der Waals surface area contributed by atoms with E-state index >= 15 is 0 Å². The number of hydrogen-bond donors (Lipinski definition) is 1. The number of para-hydroxylation sites is 1. The van der Waals surface area contributed by atoms with E-state index in [0.29, 0.717) is 43.7 Å². The molecular formula is C25H29FN4O5S2. The highest BCUT2D eigenvalue weighted by Crippen LogP contribution is 2.33. The molecule has 2 aromatic carbocycles. The number of benzene rings is 2. The van der Waals surface area contributed by atoms with E-state index in [0.717, 1.165) is 0 Å². The van der Waals surface area contributed by atoms with Crippen molar-refractivity contribution in [1.82, 2.24) is 9.21 Å². The third kappa shape index (κ3) is 6.56. The minimum Gasteiger partial charge on any atom is -0.379 e. The summed E-state index contributed by atoms with van der Waals surface area (Å²) in [5.74, 6) is -1.11. The maximum Gasteiger partial charge on any atom is 0.243 e. The van der Waals surface area contributed by atoms with Gasteiger partial charge in [-0.05, 0) is 42.3 Å². The largest absolute Gasteiger partial charge is 0.379 e. The average Bonchev–Trinajstić information content (AvgIpc) is 3.14.